The lowest BCUT2D eigenvalue weighted by molar-refractivity contribution is -0.143. The van der Waals surface area contributed by atoms with Gasteiger partial charge in [0.05, 0.1) is 11.3 Å². The van der Waals surface area contributed by atoms with Gasteiger partial charge in [-0.3, -0.25) is 9.59 Å². The summed E-state index contributed by atoms with van der Waals surface area (Å²) in [5, 5.41) is 9.69. The first kappa shape index (κ1) is 16.8. The number of rotatable bonds is 5. The number of nitrogens with zero attached hydrogens (tertiary/aromatic N) is 1. The molecule has 1 N–H and O–H groups in total. The highest BCUT2D eigenvalue weighted by Gasteiger charge is 2.44. The minimum absolute atomic E-state index is 0.0143. The molecular formula is C17H22ClNO3. The van der Waals surface area contributed by atoms with Crippen LogP contribution in [0.25, 0.3) is 0 Å². The fourth-order valence-electron chi connectivity index (χ4n) is 3.31. The molecule has 0 radical (unpaired) electrons. The third kappa shape index (κ3) is 3.27. The Morgan fingerprint density at radius 2 is 1.82 bits per heavy atom. The van der Waals surface area contributed by atoms with Crippen LogP contribution in [0.15, 0.2) is 24.3 Å². The Labute approximate surface area is 136 Å². The Morgan fingerprint density at radius 1 is 1.27 bits per heavy atom. The third-order valence-corrected chi connectivity index (χ3v) is 4.83. The van der Waals surface area contributed by atoms with Crippen molar-refractivity contribution in [1.82, 2.24) is 4.90 Å². The van der Waals surface area contributed by atoms with Crippen LogP contribution in [-0.2, 0) is 15.0 Å². The summed E-state index contributed by atoms with van der Waals surface area (Å²) in [7, 11) is 1.69. The number of carbonyl (C=O) groups is 2. The molecule has 5 heteroatoms. The van der Waals surface area contributed by atoms with Crippen molar-refractivity contribution in [2.24, 2.45) is 5.92 Å². The molecule has 1 fully saturated rings. The van der Waals surface area contributed by atoms with Crippen molar-refractivity contribution < 1.29 is 14.7 Å². The number of carboxylic acids is 1. The summed E-state index contributed by atoms with van der Waals surface area (Å²) < 4.78 is 0. The molecule has 4 nitrogen and oxygen atoms in total. The SMILES string of the molecule is CC(CN(C)C(=O)C1(c2ccc(Cl)cc2)CCCC1)C(=O)O. The van der Waals surface area contributed by atoms with Gasteiger partial charge in [0.2, 0.25) is 5.91 Å². The van der Waals surface area contributed by atoms with Crippen molar-refractivity contribution in [3.63, 3.8) is 0 Å². The van der Waals surface area contributed by atoms with E-state index < -0.39 is 17.3 Å². The van der Waals surface area contributed by atoms with Gasteiger partial charge in [0.1, 0.15) is 0 Å². The minimum Gasteiger partial charge on any atom is -0.481 e. The van der Waals surface area contributed by atoms with E-state index in [2.05, 4.69) is 0 Å². The highest BCUT2D eigenvalue weighted by Crippen LogP contribution is 2.42. The molecule has 1 saturated carbocycles. The number of carbonyl (C=O) groups excluding carboxylic acids is 1. The highest BCUT2D eigenvalue weighted by atomic mass is 35.5. The fraction of sp³-hybridized carbons (Fsp3) is 0.529. The second-order valence-corrected chi connectivity index (χ2v) is 6.66. The molecule has 1 aliphatic carbocycles. The average molecular weight is 324 g/mol. The summed E-state index contributed by atoms with van der Waals surface area (Å²) in [5.74, 6) is -1.44. The summed E-state index contributed by atoms with van der Waals surface area (Å²) >= 11 is 5.95. The van der Waals surface area contributed by atoms with Crippen LogP contribution in [0.1, 0.15) is 38.2 Å². The van der Waals surface area contributed by atoms with E-state index in [0.717, 1.165) is 31.2 Å². The van der Waals surface area contributed by atoms with Gasteiger partial charge in [0.15, 0.2) is 0 Å². The van der Waals surface area contributed by atoms with E-state index in [9.17, 15) is 9.59 Å². The monoisotopic (exact) mass is 323 g/mol. The third-order valence-electron chi connectivity index (χ3n) is 4.58. The van der Waals surface area contributed by atoms with Gasteiger partial charge in [-0.15, -0.1) is 0 Å². The number of carboxylic acid groups (broad SMARTS) is 1. The van der Waals surface area contributed by atoms with Crippen LogP contribution in [0, 0.1) is 5.92 Å². The van der Waals surface area contributed by atoms with E-state index in [-0.39, 0.29) is 12.5 Å². The largest absolute Gasteiger partial charge is 0.481 e. The van der Waals surface area contributed by atoms with Crippen LogP contribution in [0.3, 0.4) is 0 Å². The molecule has 0 bridgehead atoms. The van der Waals surface area contributed by atoms with E-state index in [1.165, 1.54) is 0 Å². The maximum atomic E-state index is 13.0. The maximum Gasteiger partial charge on any atom is 0.308 e. The van der Waals surface area contributed by atoms with E-state index in [1.807, 2.05) is 24.3 Å². The maximum absolute atomic E-state index is 13.0. The normalized spacial score (nSPS) is 18.0. The molecule has 1 aliphatic rings. The second kappa shape index (κ2) is 6.69. The summed E-state index contributed by atoms with van der Waals surface area (Å²) in [6.07, 6.45) is 3.63. The van der Waals surface area contributed by atoms with Gasteiger partial charge in [-0.1, -0.05) is 43.5 Å². The molecule has 0 spiro atoms. The Balaban J connectivity index is 2.25. The zero-order valence-electron chi connectivity index (χ0n) is 13.0. The molecule has 0 aromatic heterocycles. The van der Waals surface area contributed by atoms with E-state index in [1.54, 1.807) is 18.9 Å². The molecule has 1 aromatic carbocycles. The van der Waals surface area contributed by atoms with Crippen molar-refractivity contribution >= 4 is 23.5 Å². The van der Waals surface area contributed by atoms with Gasteiger partial charge in [-0.2, -0.15) is 0 Å². The van der Waals surface area contributed by atoms with Crippen LogP contribution >= 0.6 is 11.6 Å². The number of hydrogen-bond donors (Lipinski definition) is 1. The molecule has 0 heterocycles. The molecule has 120 valence electrons. The number of amides is 1. The van der Waals surface area contributed by atoms with Crippen LogP contribution in [-0.4, -0.2) is 35.5 Å². The molecule has 22 heavy (non-hydrogen) atoms. The van der Waals surface area contributed by atoms with Gasteiger partial charge >= 0.3 is 5.97 Å². The summed E-state index contributed by atoms with van der Waals surface area (Å²) in [6, 6.07) is 7.45. The van der Waals surface area contributed by atoms with Crippen LogP contribution in [0.5, 0.6) is 0 Å². The first-order chi connectivity index (χ1) is 10.4. The summed E-state index contributed by atoms with van der Waals surface area (Å²) in [4.78, 5) is 25.6. The number of benzene rings is 1. The molecule has 1 amide bonds. The van der Waals surface area contributed by atoms with Crippen molar-refractivity contribution in [2.75, 3.05) is 13.6 Å². The molecule has 1 unspecified atom stereocenters. The minimum atomic E-state index is -0.883. The molecule has 1 atom stereocenters. The lowest BCUT2D eigenvalue weighted by atomic mass is 9.77. The molecule has 0 aliphatic heterocycles. The lowest BCUT2D eigenvalue weighted by Gasteiger charge is -2.33. The van der Waals surface area contributed by atoms with Gasteiger partial charge in [0, 0.05) is 18.6 Å². The number of aliphatic carboxylic acids is 1. The predicted molar refractivity (Wildman–Crippen MR) is 86.0 cm³/mol. The number of halogens is 1. The standard InChI is InChI=1S/C17H22ClNO3/c1-12(15(20)21)11-19(2)16(22)17(9-3-4-10-17)13-5-7-14(18)8-6-13/h5-8,12H,3-4,9-11H2,1-2H3,(H,20,21). The van der Waals surface area contributed by atoms with Crippen LogP contribution in [0.2, 0.25) is 5.02 Å². The Morgan fingerprint density at radius 3 is 2.32 bits per heavy atom. The predicted octanol–water partition coefficient (Wildman–Crippen LogP) is 3.33. The number of likely N-dealkylation sites (N-methyl/N-ethyl adjacent to an activating group) is 1. The Hall–Kier alpha value is -1.55. The quantitative estimate of drug-likeness (QED) is 0.904. The van der Waals surface area contributed by atoms with Crippen molar-refractivity contribution in [3.05, 3.63) is 34.9 Å². The van der Waals surface area contributed by atoms with Gasteiger partial charge in [-0.05, 0) is 30.5 Å². The van der Waals surface area contributed by atoms with E-state index >= 15 is 0 Å². The first-order valence-corrected chi connectivity index (χ1v) is 7.99. The van der Waals surface area contributed by atoms with Gasteiger partial charge in [0.25, 0.3) is 0 Å². The van der Waals surface area contributed by atoms with Crippen LogP contribution in [0.4, 0.5) is 0 Å². The lowest BCUT2D eigenvalue weighted by Crippen LogP contribution is -2.45. The van der Waals surface area contributed by atoms with Crippen molar-refractivity contribution in [1.29, 1.82) is 0 Å². The van der Waals surface area contributed by atoms with Crippen LogP contribution < -0.4 is 0 Å². The zero-order valence-corrected chi connectivity index (χ0v) is 13.8. The topological polar surface area (TPSA) is 57.6 Å². The van der Waals surface area contributed by atoms with E-state index in [4.69, 9.17) is 16.7 Å². The summed E-state index contributed by atoms with van der Waals surface area (Å²) in [5.41, 5.74) is 0.451. The zero-order chi connectivity index (χ0) is 16.3. The molecule has 0 saturated heterocycles. The Kier molecular flexibility index (Phi) is 5.12. The first-order valence-electron chi connectivity index (χ1n) is 7.61. The van der Waals surface area contributed by atoms with E-state index in [0.29, 0.717) is 5.02 Å². The van der Waals surface area contributed by atoms with Crippen molar-refractivity contribution in [2.45, 2.75) is 38.0 Å². The van der Waals surface area contributed by atoms with Crippen molar-refractivity contribution in [3.8, 4) is 0 Å². The molecule has 1 aromatic rings. The Bertz CT molecular complexity index is 550. The smallest absolute Gasteiger partial charge is 0.308 e. The molecule has 2 rings (SSSR count). The summed E-state index contributed by atoms with van der Waals surface area (Å²) in [6.45, 7) is 1.85. The second-order valence-electron chi connectivity index (χ2n) is 6.22. The highest BCUT2D eigenvalue weighted by molar-refractivity contribution is 6.30. The van der Waals surface area contributed by atoms with Gasteiger partial charge < -0.3 is 10.0 Å². The number of hydrogen-bond acceptors (Lipinski definition) is 2. The average Bonchev–Trinajstić information content (AvgIpc) is 2.97. The van der Waals surface area contributed by atoms with Gasteiger partial charge in [-0.25, -0.2) is 0 Å². The fourth-order valence-corrected chi connectivity index (χ4v) is 3.44. The molecular weight excluding hydrogens is 302 g/mol.